The molecule has 2 rings (SSSR count). The predicted octanol–water partition coefficient (Wildman–Crippen LogP) is 1.79. The molecule has 1 aliphatic heterocycles. The van der Waals surface area contributed by atoms with Gasteiger partial charge in [-0.15, -0.1) is 0 Å². The summed E-state index contributed by atoms with van der Waals surface area (Å²) in [6.45, 7) is 0.878. The van der Waals surface area contributed by atoms with Gasteiger partial charge in [-0.25, -0.2) is 9.48 Å². The maximum Gasteiger partial charge on any atom is 0.411 e. The normalized spacial score (nSPS) is 18.0. The Hall–Kier alpha value is -1.77. The van der Waals surface area contributed by atoms with Gasteiger partial charge in [-0.1, -0.05) is 0 Å². The minimum Gasteiger partial charge on any atom is -0.472 e. The first-order chi connectivity index (χ1) is 9.89. The van der Waals surface area contributed by atoms with Crippen molar-refractivity contribution in [2.24, 2.45) is 0 Å². The maximum absolute atomic E-state index is 12.0. The minimum atomic E-state index is -4.35. The van der Waals surface area contributed by atoms with Crippen molar-refractivity contribution >= 4 is 5.97 Å². The number of hydrogen-bond acceptors (Lipinski definition) is 5. The van der Waals surface area contributed by atoms with Crippen molar-refractivity contribution in [3.63, 3.8) is 0 Å². The van der Waals surface area contributed by atoms with E-state index in [1.54, 1.807) is 6.92 Å². The number of hydrogen-bond donors (Lipinski definition) is 0. The van der Waals surface area contributed by atoms with Gasteiger partial charge in [0.2, 0.25) is 5.88 Å². The number of ether oxygens (including phenoxy) is 3. The molecule has 0 saturated carbocycles. The molecule has 1 aliphatic rings. The highest BCUT2D eigenvalue weighted by Gasteiger charge is 2.29. The molecule has 0 spiro atoms. The number of halogens is 3. The number of esters is 1. The average Bonchev–Trinajstić information content (AvgIpc) is 2.80. The molecule has 118 valence electrons. The third-order valence-electron chi connectivity index (χ3n) is 2.75. The van der Waals surface area contributed by atoms with Gasteiger partial charge in [-0.05, 0) is 6.92 Å². The summed E-state index contributed by atoms with van der Waals surface area (Å²) in [4.78, 5) is 11.5. The molecule has 0 N–H and O–H groups in total. The Kier molecular flexibility index (Phi) is 4.71. The Bertz CT molecular complexity index is 501. The number of alkyl halides is 3. The van der Waals surface area contributed by atoms with Crippen molar-refractivity contribution in [3.8, 4) is 5.88 Å². The first-order valence-electron chi connectivity index (χ1n) is 6.45. The molecule has 1 aromatic rings. The van der Waals surface area contributed by atoms with Crippen molar-refractivity contribution in [1.82, 2.24) is 9.78 Å². The van der Waals surface area contributed by atoms with Crippen molar-refractivity contribution in [1.29, 1.82) is 0 Å². The van der Waals surface area contributed by atoms with E-state index in [1.165, 1.54) is 10.7 Å². The molecule has 9 heteroatoms. The number of rotatable bonds is 5. The van der Waals surface area contributed by atoms with Gasteiger partial charge < -0.3 is 14.2 Å². The summed E-state index contributed by atoms with van der Waals surface area (Å²) in [5, 5.41) is 4.02. The number of aryl methyl sites for hydroxylation is 1. The first-order valence-corrected chi connectivity index (χ1v) is 6.45. The largest absolute Gasteiger partial charge is 0.472 e. The molecule has 0 amide bonds. The average molecular weight is 308 g/mol. The van der Waals surface area contributed by atoms with Crippen molar-refractivity contribution in [3.05, 3.63) is 11.8 Å². The highest BCUT2D eigenvalue weighted by Crippen LogP contribution is 2.23. The van der Waals surface area contributed by atoms with Gasteiger partial charge in [-0.3, -0.25) is 0 Å². The topological polar surface area (TPSA) is 62.6 Å². The summed E-state index contributed by atoms with van der Waals surface area (Å²) in [5.41, 5.74) is 0.115. The van der Waals surface area contributed by atoms with Crippen LogP contribution in [0.15, 0.2) is 6.07 Å². The number of nitrogens with zero attached hydrogens (tertiary/aromatic N) is 2. The van der Waals surface area contributed by atoms with Gasteiger partial charge in [0.15, 0.2) is 5.69 Å². The lowest BCUT2D eigenvalue weighted by molar-refractivity contribution is -0.179. The first kappa shape index (κ1) is 15.6. The molecule has 0 saturated heterocycles. The van der Waals surface area contributed by atoms with Gasteiger partial charge in [0, 0.05) is 19.0 Å². The van der Waals surface area contributed by atoms with Crippen LogP contribution >= 0.6 is 0 Å². The second kappa shape index (κ2) is 6.33. The van der Waals surface area contributed by atoms with E-state index in [2.05, 4.69) is 9.84 Å². The molecule has 0 bridgehead atoms. The minimum absolute atomic E-state index is 0.115. The van der Waals surface area contributed by atoms with Crippen molar-refractivity contribution < 1.29 is 32.2 Å². The van der Waals surface area contributed by atoms with Crippen molar-refractivity contribution in [2.45, 2.75) is 32.2 Å². The molecule has 0 fully saturated rings. The van der Waals surface area contributed by atoms with Crippen LogP contribution in [0.1, 0.15) is 23.8 Å². The Balaban J connectivity index is 1.90. The highest BCUT2D eigenvalue weighted by molar-refractivity contribution is 5.87. The monoisotopic (exact) mass is 308 g/mol. The molecule has 2 heterocycles. The number of carbonyl (C=O) groups excluding carboxylic acids is 1. The number of carbonyl (C=O) groups is 1. The van der Waals surface area contributed by atoms with Crippen LogP contribution in [-0.4, -0.2) is 47.9 Å². The molecular weight excluding hydrogens is 293 g/mol. The van der Waals surface area contributed by atoms with Crippen LogP contribution < -0.4 is 4.74 Å². The quantitative estimate of drug-likeness (QED) is 0.776. The summed E-state index contributed by atoms with van der Waals surface area (Å²) in [5.74, 6) is -0.238. The predicted molar refractivity (Wildman–Crippen MR) is 64.1 cm³/mol. The number of aromatic nitrogens is 2. The molecule has 1 unspecified atom stereocenters. The summed E-state index contributed by atoms with van der Waals surface area (Å²) in [7, 11) is 0. The van der Waals surface area contributed by atoms with Gasteiger partial charge >= 0.3 is 12.1 Å². The van der Waals surface area contributed by atoms with Gasteiger partial charge in [0.25, 0.3) is 0 Å². The van der Waals surface area contributed by atoms with E-state index in [4.69, 9.17) is 9.47 Å². The van der Waals surface area contributed by atoms with Crippen LogP contribution in [0, 0.1) is 0 Å². The fraction of sp³-hybridized carbons (Fsp3) is 0.667. The smallest absolute Gasteiger partial charge is 0.411 e. The fourth-order valence-electron chi connectivity index (χ4n) is 1.88. The number of fused-ring (bicyclic) bond motifs is 1. The van der Waals surface area contributed by atoms with E-state index < -0.39 is 24.9 Å². The summed E-state index contributed by atoms with van der Waals surface area (Å²) < 4.78 is 52.3. The lowest BCUT2D eigenvalue weighted by Gasteiger charge is -2.24. The van der Waals surface area contributed by atoms with Gasteiger partial charge in [0.1, 0.15) is 12.7 Å². The molecule has 6 nitrogen and oxygen atoms in total. The Labute approximate surface area is 118 Å². The maximum atomic E-state index is 12.0. The molecule has 0 aromatic carbocycles. The highest BCUT2D eigenvalue weighted by atomic mass is 19.4. The van der Waals surface area contributed by atoms with Gasteiger partial charge in [0.05, 0.1) is 13.2 Å². The molecule has 0 aliphatic carbocycles. The second-order valence-corrected chi connectivity index (χ2v) is 4.47. The Morgan fingerprint density at radius 3 is 3.00 bits per heavy atom. The van der Waals surface area contributed by atoms with Crippen LogP contribution in [0.4, 0.5) is 13.2 Å². The van der Waals surface area contributed by atoms with E-state index in [9.17, 15) is 18.0 Å². The van der Waals surface area contributed by atoms with E-state index in [-0.39, 0.29) is 18.9 Å². The lowest BCUT2D eigenvalue weighted by Crippen LogP contribution is -2.32. The van der Waals surface area contributed by atoms with E-state index >= 15 is 0 Å². The van der Waals surface area contributed by atoms with Crippen molar-refractivity contribution in [2.75, 3.05) is 19.8 Å². The van der Waals surface area contributed by atoms with Crippen LogP contribution in [0.2, 0.25) is 0 Å². The Morgan fingerprint density at radius 2 is 2.33 bits per heavy atom. The van der Waals surface area contributed by atoms with Crippen LogP contribution in [-0.2, 0) is 16.0 Å². The second-order valence-electron chi connectivity index (χ2n) is 4.47. The molecular formula is C12H15F3N2O4. The van der Waals surface area contributed by atoms with E-state index in [1.807, 2.05) is 0 Å². The lowest BCUT2D eigenvalue weighted by atomic mass is 10.2. The van der Waals surface area contributed by atoms with Crippen LogP contribution in [0.3, 0.4) is 0 Å². The summed E-state index contributed by atoms with van der Waals surface area (Å²) in [6, 6.07) is 1.41. The standard InChI is InChI=1S/C12H15F3N2O4/c1-2-20-11(18)9-5-10-17(16-9)4-3-8(21-10)6-19-7-12(13,14)15/h5,8H,2-4,6-7H2,1H3. The Morgan fingerprint density at radius 1 is 1.57 bits per heavy atom. The summed E-state index contributed by atoms with van der Waals surface area (Å²) in [6.07, 6.45) is -4.39. The third kappa shape index (κ3) is 4.35. The van der Waals surface area contributed by atoms with Crippen LogP contribution in [0.25, 0.3) is 0 Å². The molecule has 0 radical (unpaired) electrons. The molecule has 1 atom stereocenters. The van der Waals surface area contributed by atoms with Crippen LogP contribution in [0.5, 0.6) is 5.88 Å². The SMILES string of the molecule is CCOC(=O)c1cc2n(n1)CCC(COCC(F)(F)F)O2. The zero-order valence-electron chi connectivity index (χ0n) is 11.4. The van der Waals surface area contributed by atoms with E-state index in [0.29, 0.717) is 18.8 Å². The molecule has 21 heavy (non-hydrogen) atoms. The zero-order valence-corrected chi connectivity index (χ0v) is 11.4. The van der Waals surface area contributed by atoms with Gasteiger partial charge in [-0.2, -0.15) is 18.3 Å². The van der Waals surface area contributed by atoms with E-state index in [0.717, 1.165) is 0 Å². The third-order valence-corrected chi connectivity index (χ3v) is 2.75. The fourth-order valence-corrected chi connectivity index (χ4v) is 1.88. The zero-order chi connectivity index (χ0) is 15.5. The molecule has 1 aromatic heterocycles. The summed E-state index contributed by atoms with van der Waals surface area (Å²) >= 11 is 0.